The summed E-state index contributed by atoms with van der Waals surface area (Å²) in [6, 6.07) is 0. The first-order valence-electron chi connectivity index (χ1n) is 4.84. The molecule has 0 aromatic carbocycles. The van der Waals surface area contributed by atoms with E-state index in [0.717, 1.165) is 5.57 Å². The van der Waals surface area contributed by atoms with Crippen molar-refractivity contribution in [1.82, 2.24) is 5.32 Å². The number of allylic oxidation sites excluding steroid dienone is 2. The second-order valence-electron chi connectivity index (χ2n) is 4.59. The highest BCUT2D eigenvalue weighted by Gasteiger charge is 2.16. The fourth-order valence-corrected chi connectivity index (χ4v) is 1.81. The number of nitrogens with one attached hydrogen (secondary N) is 1. The van der Waals surface area contributed by atoms with Crippen LogP contribution < -0.4 is 5.32 Å². The van der Waals surface area contributed by atoms with E-state index in [9.17, 15) is 4.39 Å². The highest BCUT2D eigenvalue weighted by molar-refractivity contribution is 6.83. The molecule has 1 aliphatic heterocycles. The monoisotopic (exact) mass is 243 g/mol. The van der Waals surface area contributed by atoms with Crippen molar-refractivity contribution >= 4 is 19.7 Å². The summed E-state index contributed by atoms with van der Waals surface area (Å²) in [6.45, 7) is 8.71. The molecule has 82 valence electrons. The standard InChI is InChI=1S/C11H15ClFNSi/c1-8-9(5-6-15(2,3)4)7-14-11(12)10(8)13/h14H,7H2,1-4H3. The van der Waals surface area contributed by atoms with Gasteiger partial charge in [-0.1, -0.05) is 37.2 Å². The molecule has 0 amide bonds. The van der Waals surface area contributed by atoms with Crippen LogP contribution in [0.5, 0.6) is 0 Å². The van der Waals surface area contributed by atoms with Gasteiger partial charge in [-0.15, -0.1) is 5.54 Å². The SMILES string of the molecule is CC1=C(C#C[Si](C)(C)C)CNC(Cl)=C1F. The van der Waals surface area contributed by atoms with Gasteiger partial charge in [-0.2, -0.15) is 0 Å². The molecule has 1 rings (SSSR count). The fraction of sp³-hybridized carbons (Fsp3) is 0.455. The minimum atomic E-state index is -1.40. The average molecular weight is 244 g/mol. The predicted molar refractivity (Wildman–Crippen MR) is 65.8 cm³/mol. The Morgan fingerprint density at radius 2 is 2.00 bits per heavy atom. The second-order valence-corrected chi connectivity index (χ2v) is 9.71. The average Bonchev–Trinajstić information content (AvgIpc) is 2.12. The van der Waals surface area contributed by atoms with Crippen molar-refractivity contribution in [3.63, 3.8) is 0 Å². The van der Waals surface area contributed by atoms with E-state index in [2.05, 4.69) is 36.4 Å². The van der Waals surface area contributed by atoms with Gasteiger partial charge in [-0.05, 0) is 6.92 Å². The van der Waals surface area contributed by atoms with Crippen molar-refractivity contribution < 1.29 is 4.39 Å². The number of halogens is 2. The molecule has 0 aliphatic carbocycles. The molecule has 0 aromatic rings. The third-order valence-electron chi connectivity index (χ3n) is 1.98. The van der Waals surface area contributed by atoms with Crippen molar-refractivity contribution in [2.24, 2.45) is 0 Å². The summed E-state index contributed by atoms with van der Waals surface area (Å²) < 4.78 is 13.4. The Bertz CT molecular complexity index is 393. The zero-order valence-corrected chi connectivity index (χ0v) is 11.2. The van der Waals surface area contributed by atoms with Gasteiger partial charge in [-0.25, -0.2) is 4.39 Å². The number of hydrogen-bond donors (Lipinski definition) is 1. The van der Waals surface area contributed by atoms with Crippen LogP contribution in [-0.2, 0) is 0 Å². The minimum Gasteiger partial charge on any atom is -0.369 e. The number of rotatable bonds is 0. The summed E-state index contributed by atoms with van der Waals surface area (Å²) in [6.07, 6.45) is 0. The van der Waals surface area contributed by atoms with E-state index in [1.54, 1.807) is 6.92 Å². The molecule has 0 saturated heterocycles. The molecular formula is C11H15ClFNSi. The molecule has 0 bridgehead atoms. The molecule has 1 N–H and O–H groups in total. The zero-order valence-electron chi connectivity index (χ0n) is 9.46. The molecule has 0 saturated carbocycles. The molecule has 1 nitrogen and oxygen atoms in total. The van der Waals surface area contributed by atoms with Crippen LogP contribution in [0, 0.1) is 11.5 Å². The predicted octanol–water partition coefficient (Wildman–Crippen LogP) is 3.16. The lowest BCUT2D eigenvalue weighted by molar-refractivity contribution is 0.620. The van der Waals surface area contributed by atoms with E-state index < -0.39 is 8.07 Å². The normalized spacial score (nSPS) is 17.2. The maximum Gasteiger partial charge on any atom is 0.161 e. The van der Waals surface area contributed by atoms with Crippen LogP contribution in [0.4, 0.5) is 4.39 Å². The van der Waals surface area contributed by atoms with Gasteiger partial charge in [0.1, 0.15) is 13.2 Å². The first kappa shape index (κ1) is 12.3. The first-order valence-corrected chi connectivity index (χ1v) is 8.71. The summed E-state index contributed by atoms with van der Waals surface area (Å²) in [7, 11) is -1.40. The molecule has 0 aromatic heterocycles. The largest absolute Gasteiger partial charge is 0.369 e. The van der Waals surface area contributed by atoms with Crippen LogP contribution in [0.25, 0.3) is 0 Å². The Morgan fingerprint density at radius 3 is 2.53 bits per heavy atom. The van der Waals surface area contributed by atoms with Crippen molar-refractivity contribution in [1.29, 1.82) is 0 Å². The smallest absolute Gasteiger partial charge is 0.161 e. The van der Waals surface area contributed by atoms with E-state index in [0.29, 0.717) is 12.1 Å². The van der Waals surface area contributed by atoms with E-state index >= 15 is 0 Å². The molecule has 0 fully saturated rings. The Hall–Kier alpha value is -0.723. The maximum absolute atomic E-state index is 13.4. The summed E-state index contributed by atoms with van der Waals surface area (Å²) >= 11 is 5.64. The molecule has 1 aliphatic rings. The van der Waals surface area contributed by atoms with E-state index in [4.69, 9.17) is 11.6 Å². The fourth-order valence-electron chi connectivity index (χ4n) is 1.07. The van der Waals surface area contributed by atoms with Crippen molar-refractivity contribution in [3.05, 3.63) is 22.1 Å². The van der Waals surface area contributed by atoms with Gasteiger partial charge >= 0.3 is 0 Å². The Kier molecular flexibility index (Phi) is 3.64. The van der Waals surface area contributed by atoms with Crippen LogP contribution in [-0.4, -0.2) is 14.6 Å². The van der Waals surface area contributed by atoms with Gasteiger partial charge in [0.05, 0.1) is 0 Å². The minimum absolute atomic E-state index is 0.0889. The Balaban J connectivity index is 3.02. The van der Waals surface area contributed by atoms with Crippen LogP contribution >= 0.6 is 11.6 Å². The maximum atomic E-state index is 13.4. The first-order chi connectivity index (χ1) is 6.81. The van der Waals surface area contributed by atoms with Crippen LogP contribution in [0.2, 0.25) is 19.6 Å². The lowest BCUT2D eigenvalue weighted by atomic mass is 10.1. The molecule has 15 heavy (non-hydrogen) atoms. The number of hydrogen-bond acceptors (Lipinski definition) is 1. The molecule has 0 radical (unpaired) electrons. The third kappa shape index (κ3) is 3.40. The van der Waals surface area contributed by atoms with Gasteiger partial charge in [0.15, 0.2) is 5.83 Å². The third-order valence-corrected chi connectivity index (χ3v) is 3.16. The Morgan fingerprint density at radius 1 is 1.40 bits per heavy atom. The zero-order chi connectivity index (χ0) is 11.6. The summed E-state index contributed by atoms with van der Waals surface area (Å²) in [5.41, 5.74) is 4.58. The van der Waals surface area contributed by atoms with Crippen molar-refractivity contribution in [3.8, 4) is 11.5 Å². The summed E-state index contributed by atoms with van der Waals surface area (Å²) in [5, 5.41) is 2.86. The van der Waals surface area contributed by atoms with E-state index in [-0.39, 0.29) is 11.0 Å². The van der Waals surface area contributed by atoms with Gasteiger partial charge < -0.3 is 5.32 Å². The summed E-state index contributed by atoms with van der Waals surface area (Å²) in [4.78, 5) is 0. The van der Waals surface area contributed by atoms with E-state index in [1.807, 2.05) is 0 Å². The van der Waals surface area contributed by atoms with Crippen LogP contribution in [0.3, 0.4) is 0 Å². The summed E-state index contributed by atoms with van der Waals surface area (Å²) in [5.74, 6) is 2.67. The quantitative estimate of drug-likeness (QED) is 0.392. The van der Waals surface area contributed by atoms with Crippen LogP contribution in [0.1, 0.15) is 6.92 Å². The molecule has 1 heterocycles. The second kappa shape index (κ2) is 4.42. The molecule has 0 unspecified atom stereocenters. The topological polar surface area (TPSA) is 12.0 Å². The van der Waals surface area contributed by atoms with E-state index in [1.165, 1.54) is 0 Å². The van der Waals surface area contributed by atoms with Crippen molar-refractivity contribution in [2.75, 3.05) is 6.54 Å². The molecule has 0 atom stereocenters. The van der Waals surface area contributed by atoms with Crippen LogP contribution in [0.15, 0.2) is 22.1 Å². The molecule has 4 heteroatoms. The molecular weight excluding hydrogens is 229 g/mol. The van der Waals surface area contributed by atoms with Gasteiger partial charge in [-0.3, -0.25) is 0 Å². The lowest BCUT2D eigenvalue weighted by Crippen LogP contribution is -2.21. The highest BCUT2D eigenvalue weighted by Crippen LogP contribution is 2.24. The lowest BCUT2D eigenvalue weighted by Gasteiger charge is -2.15. The Labute approximate surface area is 96.4 Å². The number of dihydropyridines is 1. The highest BCUT2D eigenvalue weighted by atomic mass is 35.5. The molecule has 0 spiro atoms. The van der Waals surface area contributed by atoms with Crippen molar-refractivity contribution in [2.45, 2.75) is 26.6 Å². The van der Waals surface area contributed by atoms with Gasteiger partial charge in [0, 0.05) is 17.7 Å². The van der Waals surface area contributed by atoms with Gasteiger partial charge in [0.25, 0.3) is 0 Å². The van der Waals surface area contributed by atoms with Gasteiger partial charge in [0.2, 0.25) is 0 Å².